The summed E-state index contributed by atoms with van der Waals surface area (Å²) >= 11 is 0. The van der Waals surface area contributed by atoms with E-state index in [-0.39, 0.29) is 11.8 Å². The molecule has 0 spiro atoms. The number of benzene rings is 8. The SMILES string of the molecule is CC1c2oc3ccc4cc(-c5ccc(-c6cccc(-c7ccc(-c8nc(-c9ccccc9)nc(-c9ccc(-c%10ccccc%10)cc9)n8)cc7)c6)cc5)ccc4c3c2N=C2C=CC=CC21. The van der Waals surface area contributed by atoms with E-state index < -0.39 is 0 Å². The number of nitrogens with zero attached hydrogens (tertiary/aromatic N) is 4. The van der Waals surface area contributed by atoms with E-state index in [2.05, 4.69) is 183 Å². The van der Waals surface area contributed by atoms with Crippen molar-refractivity contribution in [3.05, 3.63) is 218 Å². The first-order chi connectivity index (χ1) is 31.6. The third kappa shape index (κ3) is 6.75. The van der Waals surface area contributed by atoms with Crippen LogP contribution in [0.1, 0.15) is 18.6 Å². The minimum atomic E-state index is 0.233. The molecule has 2 unspecified atom stereocenters. The lowest BCUT2D eigenvalue weighted by Gasteiger charge is -2.25. The first kappa shape index (κ1) is 37.5. The van der Waals surface area contributed by atoms with Crippen LogP contribution in [0.5, 0.6) is 0 Å². The summed E-state index contributed by atoms with van der Waals surface area (Å²) in [4.78, 5) is 20.0. The molecule has 2 aromatic heterocycles. The van der Waals surface area contributed by atoms with E-state index in [1.54, 1.807) is 0 Å². The topological polar surface area (TPSA) is 64.2 Å². The molecular weight excluding hydrogens is 781 g/mol. The summed E-state index contributed by atoms with van der Waals surface area (Å²) in [7, 11) is 0. The Labute approximate surface area is 371 Å². The van der Waals surface area contributed by atoms with Gasteiger partial charge in [0.15, 0.2) is 17.5 Å². The molecule has 0 amide bonds. The van der Waals surface area contributed by atoms with Crippen LogP contribution in [-0.4, -0.2) is 20.7 Å². The summed E-state index contributed by atoms with van der Waals surface area (Å²) in [5, 5.41) is 3.44. The molecular formula is C59H40N4O. The molecule has 1 aliphatic heterocycles. The predicted octanol–water partition coefficient (Wildman–Crippen LogP) is 15.4. The molecule has 0 saturated carbocycles. The van der Waals surface area contributed by atoms with Crippen LogP contribution in [0.4, 0.5) is 5.69 Å². The number of aliphatic imine (C=N–C) groups is 1. The van der Waals surface area contributed by atoms with Gasteiger partial charge in [0.25, 0.3) is 0 Å². The van der Waals surface area contributed by atoms with Crippen molar-refractivity contribution in [3.8, 4) is 78.7 Å². The van der Waals surface area contributed by atoms with E-state index in [0.717, 1.165) is 78.0 Å². The van der Waals surface area contributed by atoms with Crippen LogP contribution in [0.3, 0.4) is 0 Å². The zero-order chi connectivity index (χ0) is 42.6. The third-order valence-electron chi connectivity index (χ3n) is 12.7. The Kier molecular flexibility index (Phi) is 9.12. The summed E-state index contributed by atoms with van der Waals surface area (Å²) in [5.74, 6) is 3.38. The molecule has 5 heteroatoms. The summed E-state index contributed by atoms with van der Waals surface area (Å²) in [5.41, 5.74) is 15.0. The van der Waals surface area contributed by atoms with Crippen molar-refractivity contribution in [2.75, 3.05) is 0 Å². The number of fused-ring (bicyclic) bond motifs is 6. The quantitative estimate of drug-likeness (QED) is 0.161. The molecule has 3 heterocycles. The van der Waals surface area contributed by atoms with Gasteiger partial charge in [0.1, 0.15) is 17.0 Å². The van der Waals surface area contributed by atoms with E-state index in [9.17, 15) is 0 Å². The number of rotatable bonds is 7. The average Bonchev–Trinajstić information content (AvgIpc) is 3.76. The Morgan fingerprint density at radius 3 is 1.48 bits per heavy atom. The lowest BCUT2D eigenvalue weighted by atomic mass is 9.82. The fourth-order valence-electron chi connectivity index (χ4n) is 9.24. The highest BCUT2D eigenvalue weighted by Gasteiger charge is 2.33. The minimum Gasteiger partial charge on any atom is -0.458 e. The van der Waals surface area contributed by atoms with Gasteiger partial charge in [-0.25, -0.2) is 19.9 Å². The van der Waals surface area contributed by atoms with Crippen molar-refractivity contribution >= 4 is 33.1 Å². The molecule has 2 aliphatic rings. The summed E-state index contributed by atoms with van der Waals surface area (Å²) in [6.45, 7) is 2.24. The highest BCUT2D eigenvalue weighted by Crippen LogP contribution is 2.48. The summed E-state index contributed by atoms with van der Waals surface area (Å²) in [6, 6.07) is 66.0. The van der Waals surface area contributed by atoms with Gasteiger partial charge in [-0.3, -0.25) is 0 Å². The van der Waals surface area contributed by atoms with Gasteiger partial charge in [-0.05, 0) is 79.6 Å². The van der Waals surface area contributed by atoms with E-state index in [1.807, 2.05) is 36.4 Å². The molecule has 0 saturated heterocycles. The van der Waals surface area contributed by atoms with Crippen molar-refractivity contribution in [2.45, 2.75) is 12.8 Å². The van der Waals surface area contributed by atoms with Crippen molar-refractivity contribution in [1.82, 2.24) is 15.0 Å². The van der Waals surface area contributed by atoms with Crippen LogP contribution < -0.4 is 0 Å². The predicted molar refractivity (Wildman–Crippen MR) is 262 cm³/mol. The maximum atomic E-state index is 6.47. The van der Waals surface area contributed by atoms with Crippen LogP contribution in [0.15, 0.2) is 222 Å². The van der Waals surface area contributed by atoms with Crippen molar-refractivity contribution in [2.24, 2.45) is 10.9 Å². The maximum Gasteiger partial charge on any atom is 0.164 e. The first-order valence-electron chi connectivity index (χ1n) is 21.8. The molecule has 0 fully saturated rings. The lowest BCUT2D eigenvalue weighted by Crippen LogP contribution is -2.21. The van der Waals surface area contributed by atoms with E-state index in [4.69, 9.17) is 24.4 Å². The van der Waals surface area contributed by atoms with Gasteiger partial charge in [-0.15, -0.1) is 0 Å². The van der Waals surface area contributed by atoms with Crippen LogP contribution in [0.2, 0.25) is 0 Å². The zero-order valence-corrected chi connectivity index (χ0v) is 35.1. The monoisotopic (exact) mass is 820 g/mol. The zero-order valence-electron chi connectivity index (χ0n) is 35.1. The molecule has 5 nitrogen and oxygen atoms in total. The van der Waals surface area contributed by atoms with Gasteiger partial charge in [0.2, 0.25) is 0 Å². The maximum absolute atomic E-state index is 6.47. The molecule has 10 aromatic rings. The normalized spacial score (nSPS) is 15.2. The Morgan fingerprint density at radius 2 is 0.891 bits per heavy atom. The first-order valence-corrected chi connectivity index (χ1v) is 21.8. The van der Waals surface area contributed by atoms with Gasteiger partial charge in [0.05, 0.1) is 5.39 Å². The summed E-state index contributed by atoms with van der Waals surface area (Å²) < 4.78 is 6.47. The number of hydrogen-bond acceptors (Lipinski definition) is 5. The molecule has 0 bridgehead atoms. The second-order valence-electron chi connectivity index (χ2n) is 16.6. The largest absolute Gasteiger partial charge is 0.458 e. The number of furan rings is 1. The molecule has 0 radical (unpaired) electrons. The van der Waals surface area contributed by atoms with Gasteiger partial charge in [-0.2, -0.15) is 0 Å². The van der Waals surface area contributed by atoms with Crippen LogP contribution in [0, 0.1) is 5.92 Å². The molecule has 0 N–H and O–H groups in total. The van der Waals surface area contributed by atoms with Crippen molar-refractivity contribution in [3.63, 3.8) is 0 Å². The molecule has 64 heavy (non-hydrogen) atoms. The van der Waals surface area contributed by atoms with Gasteiger partial charge >= 0.3 is 0 Å². The van der Waals surface area contributed by atoms with Crippen molar-refractivity contribution < 1.29 is 4.42 Å². The average molecular weight is 821 g/mol. The Morgan fingerprint density at radius 1 is 0.422 bits per heavy atom. The fraction of sp³-hybridized carbons (Fsp3) is 0.0508. The molecule has 302 valence electrons. The van der Waals surface area contributed by atoms with E-state index in [0.29, 0.717) is 17.5 Å². The standard InChI is InChI=1S/C59H40N4O/c1-37-50-17-8-9-18-52(50)60-55-54-51-33-31-48(36-49(51)32-34-53(54)64-56(37)55)42-21-19-40(20-22-42)46-15-10-16-47(35-46)41-25-29-45(30-26-41)59-62-57(43-13-6-3-7-14-43)61-58(63-59)44-27-23-39(24-28-44)38-11-4-2-5-12-38/h2-37,50H,1H3. The highest BCUT2D eigenvalue weighted by molar-refractivity contribution is 6.15. The van der Waals surface area contributed by atoms with Gasteiger partial charge in [-0.1, -0.05) is 195 Å². The summed E-state index contributed by atoms with van der Waals surface area (Å²) in [6.07, 6.45) is 8.55. The minimum absolute atomic E-state index is 0.233. The lowest BCUT2D eigenvalue weighted by molar-refractivity contribution is 0.480. The highest BCUT2D eigenvalue weighted by atomic mass is 16.3. The van der Waals surface area contributed by atoms with E-state index in [1.165, 1.54) is 22.1 Å². The second-order valence-corrected chi connectivity index (χ2v) is 16.6. The molecule has 2 atom stereocenters. The van der Waals surface area contributed by atoms with Crippen LogP contribution in [0.25, 0.3) is 100 Å². The van der Waals surface area contributed by atoms with E-state index >= 15 is 0 Å². The van der Waals surface area contributed by atoms with Crippen LogP contribution in [-0.2, 0) is 0 Å². The number of aromatic nitrogens is 3. The Bertz CT molecular complexity index is 3480. The molecule has 12 rings (SSSR count). The fourth-order valence-corrected chi connectivity index (χ4v) is 9.24. The smallest absolute Gasteiger partial charge is 0.164 e. The van der Waals surface area contributed by atoms with Gasteiger partial charge in [0, 0.05) is 34.2 Å². The third-order valence-corrected chi connectivity index (χ3v) is 12.7. The Hall–Kier alpha value is -8.28. The number of allylic oxidation sites excluding steroid dienone is 4. The number of hydrogen-bond donors (Lipinski definition) is 0. The van der Waals surface area contributed by atoms with Gasteiger partial charge < -0.3 is 4.42 Å². The molecule has 8 aromatic carbocycles. The second kappa shape index (κ2) is 15.6. The van der Waals surface area contributed by atoms with Crippen molar-refractivity contribution in [1.29, 1.82) is 0 Å². The molecule has 1 aliphatic carbocycles. The Balaban J connectivity index is 0.810. The van der Waals surface area contributed by atoms with Crippen LogP contribution >= 0.6 is 0 Å².